The van der Waals surface area contributed by atoms with Gasteiger partial charge in [0.2, 0.25) is 10.0 Å². The van der Waals surface area contributed by atoms with Crippen molar-refractivity contribution in [2.75, 3.05) is 36.0 Å². The number of nitrogens with zero attached hydrogens (tertiary/aromatic N) is 2. The maximum atomic E-state index is 13.2. The first-order chi connectivity index (χ1) is 14.2. The third-order valence-corrected chi connectivity index (χ3v) is 6.21. The van der Waals surface area contributed by atoms with Gasteiger partial charge >= 0.3 is 0 Å². The van der Waals surface area contributed by atoms with E-state index in [-0.39, 0.29) is 11.7 Å². The zero-order valence-electron chi connectivity index (χ0n) is 18.6. The number of carbonyl (C=O) groups is 1. The Hall–Kier alpha value is -2.54. The van der Waals surface area contributed by atoms with Crippen molar-refractivity contribution in [2.45, 2.75) is 40.2 Å². The third kappa shape index (κ3) is 6.49. The number of carbonyl (C=O) groups excluding carboxylic acids is 1. The lowest BCUT2D eigenvalue weighted by atomic mass is 10.1. The molecule has 30 heavy (non-hydrogen) atoms. The summed E-state index contributed by atoms with van der Waals surface area (Å²) in [5, 5.41) is 0. The van der Waals surface area contributed by atoms with Crippen molar-refractivity contribution >= 4 is 27.3 Å². The van der Waals surface area contributed by atoms with Crippen LogP contribution in [-0.2, 0) is 16.6 Å². The smallest absolute Gasteiger partial charge is 0.254 e. The standard InChI is InChI=1S/C23H33N3O3S/c1-6-13-26(23(27)19-10-8-9-18(3)15-19)17-20-16-21(11-12-22(20)25(4)5)24-30(28,29)14-7-2/h8-12,15-16,24H,6-7,13-14,17H2,1-5H3. The minimum Gasteiger partial charge on any atom is -0.377 e. The molecule has 0 fully saturated rings. The molecule has 1 N–H and O–H groups in total. The minimum atomic E-state index is -3.38. The van der Waals surface area contributed by atoms with E-state index in [4.69, 9.17) is 0 Å². The molecule has 0 bridgehead atoms. The van der Waals surface area contributed by atoms with E-state index in [1.54, 1.807) is 6.07 Å². The van der Waals surface area contributed by atoms with Crippen LogP contribution < -0.4 is 9.62 Å². The summed E-state index contributed by atoms with van der Waals surface area (Å²) in [7, 11) is 0.492. The predicted octanol–water partition coefficient (Wildman–Crippen LogP) is 4.27. The summed E-state index contributed by atoms with van der Waals surface area (Å²) >= 11 is 0. The quantitative estimate of drug-likeness (QED) is 0.610. The third-order valence-electron chi connectivity index (χ3n) is 4.71. The fourth-order valence-electron chi connectivity index (χ4n) is 3.40. The van der Waals surface area contributed by atoms with Gasteiger partial charge in [-0.05, 0) is 55.7 Å². The lowest BCUT2D eigenvalue weighted by molar-refractivity contribution is 0.0743. The molecule has 0 aliphatic rings. The van der Waals surface area contributed by atoms with Crippen LogP contribution in [0, 0.1) is 6.92 Å². The summed E-state index contributed by atoms with van der Waals surface area (Å²) < 4.78 is 27.0. The van der Waals surface area contributed by atoms with Crippen molar-refractivity contribution in [1.29, 1.82) is 0 Å². The van der Waals surface area contributed by atoms with E-state index in [0.29, 0.717) is 30.8 Å². The van der Waals surface area contributed by atoms with Gasteiger partial charge in [-0.2, -0.15) is 0 Å². The normalized spacial score (nSPS) is 11.2. The van der Waals surface area contributed by atoms with Gasteiger partial charge in [-0.3, -0.25) is 9.52 Å². The van der Waals surface area contributed by atoms with Gasteiger partial charge in [0, 0.05) is 44.1 Å². The van der Waals surface area contributed by atoms with Gasteiger partial charge in [-0.1, -0.05) is 31.5 Å². The Labute approximate surface area is 180 Å². The summed E-state index contributed by atoms with van der Waals surface area (Å²) in [5.41, 5.74) is 4.06. The Morgan fingerprint density at radius 2 is 1.77 bits per heavy atom. The van der Waals surface area contributed by atoms with Crippen LogP contribution in [0.2, 0.25) is 0 Å². The van der Waals surface area contributed by atoms with Crippen LogP contribution in [0.5, 0.6) is 0 Å². The van der Waals surface area contributed by atoms with E-state index < -0.39 is 10.0 Å². The van der Waals surface area contributed by atoms with E-state index in [2.05, 4.69) is 4.72 Å². The van der Waals surface area contributed by atoms with Crippen molar-refractivity contribution in [2.24, 2.45) is 0 Å². The number of benzene rings is 2. The molecule has 0 aromatic heterocycles. The van der Waals surface area contributed by atoms with Gasteiger partial charge in [-0.15, -0.1) is 0 Å². The average molecular weight is 432 g/mol. The number of aryl methyl sites for hydroxylation is 1. The molecule has 164 valence electrons. The summed E-state index contributed by atoms with van der Waals surface area (Å²) in [6.07, 6.45) is 1.38. The highest BCUT2D eigenvalue weighted by atomic mass is 32.2. The Balaban J connectivity index is 2.37. The minimum absolute atomic E-state index is 0.0257. The highest BCUT2D eigenvalue weighted by Crippen LogP contribution is 2.26. The number of nitrogens with one attached hydrogen (secondary N) is 1. The summed E-state index contributed by atoms with van der Waals surface area (Å²) in [6.45, 7) is 6.86. The molecule has 0 atom stereocenters. The van der Waals surface area contributed by atoms with E-state index in [9.17, 15) is 13.2 Å². The topological polar surface area (TPSA) is 69.7 Å². The largest absolute Gasteiger partial charge is 0.377 e. The summed E-state index contributed by atoms with van der Waals surface area (Å²) in [5.74, 6) is 0.0492. The molecule has 0 radical (unpaired) electrons. The van der Waals surface area contributed by atoms with Gasteiger partial charge in [0.1, 0.15) is 0 Å². The van der Waals surface area contributed by atoms with Crippen LogP contribution in [0.1, 0.15) is 48.2 Å². The van der Waals surface area contributed by atoms with Crippen LogP contribution in [0.4, 0.5) is 11.4 Å². The fourth-order valence-corrected chi connectivity index (χ4v) is 4.53. The Bertz CT molecular complexity index is 971. The van der Waals surface area contributed by atoms with Crippen molar-refractivity contribution in [3.63, 3.8) is 0 Å². The molecule has 0 aliphatic carbocycles. The molecule has 2 rings (SSSR count). The number of anilines is 2. The van der Waals surface area contributed by atoms with E-state index in [1.807, 2.05) is 81.1 Å². The second-order valence-corrected chi connectivity index (χ2v) is 9.60. The highest BCUT2D eigenvalue weighted by Gasteiger charge is 2.19. The van der Waals surface area contributed by atoms with Crippen LogP contribution in [0.15, 0.2) is 42.5 Å². The summed E-state index contributed by atoms with van der Waals surface area (Å²) in [4.78, 5) is 17.0. The molecule has 2 aromatic carbocycles. The SMILES string of the molecule is CCCN(Cc1cc(NS(=O)(=O)CCC)ccc1N(C)C)C(=O)c1cccc(C)c1. The second kappa shape index (κ2) is 10.5. The maximum Gasteiger partial charge on any atom is 0.254 e. The second-order valence-electron chi connectivity index (χ2n) is 7.76. The van der Waals surface area contributed by atoms with Crippen molar-refractivity contribution in [3.05, 3.63) is 59.2 Å². The van der Waals surface area contributed by atoms with Crippen molar-refractivity contribution < 1.29 is 13.2 Å². The molecule has 0 spiro atoms. The maximum absolute atomic E-state index is 13.2. The molecular formula is C23H33N3O3S. The highest BCUT2D eigenvalue weighted by molar-refractivity contribution is 7.92. The van der Waals surface area contributed by atoms with Crippen LogP contribution in [0.3, 0.4) is 0 Å². The lowest BCUT2D eigenvalue weighted by Gasteiger charge is -2.26. The fraction of sp³-hybridized carbons (Fsp3) is 0.435. The van der Waals surface area contributed by atoms with Crippen molar-refractivity contribution in [3.8, 4) is 0 Å². The molecule has 0 saturated carbocycles. The van der Waals surface area contributed by atoms with Gasteiger partial charge in [0.15, 0.2) is 0 Å². The summed E-state index contributed by atoms with van der Waals surface area (Å²) in [6, 6.07) is 13.1. The number of rotatable bonds is 10. The van der Waals surface area contributed by atoms with Crippen LogP contribution >= 0.6 is 0 Å². The van der Waals surface area contributed by atoms with Crippen molar-refractivity contribution in [1.82, 2.24) is 4.90 Å². The Kier molecular flexibility index (Phi) is 8.29. The molecule has 0 saturated heterocycles. The molecule has 0 aliphatic heterocycles. The van der Waals surface area contributed by atoms with E-state index >= 15 is 0 Å². The average Bonchev–Trinajstić information content (AvgIpc) is 2.66. The Morgan fingerprint density at radius 3 is 2.37 bits per heavy atom. The van der Waals surface area contributed by atoms with Gasteiger partial charge in [0.25, 0.3) is 5.91 Å². The molecule has 1 amide bonds. The first-order valence-corrected chi connectivity index (χ1v) is 12.0. The molecule has 6 nitrogen and oxygen atoms in total. The zero-order valence-corrected chi connectivity index (χ0v) is 19.4. The van der Waals surface area contributed by atoms with Crippen LogP contribution in [-0.4, -0.2) is 45.6 Å². The van der Waals surface area contributed by atoms with Gasteiger partial charge < -0.3 is 9.80 Å². The predicted molar refractivity (Wildman–Crippen MR) is 125 cm³/mol. The molecule has 2 aromatic rings. The number of sulfonamides is 1. The number of hydrogen-bond acceptors (Lipinski definition) is 4. The first kappa shape index (κ1) is 23.7. The number of amides is 1. The van der Waals surface area contributed by atoms with Gasteiger partial charge in [0.05, 0.1) is 5.75 Å². The molecule has 7 heteroatoms. The Morgan fingerprint density at radius 1 is 1.03 bits per heavy atom. The molecular weight excluding hydrogens is 398 g/mol. The lowest BCUT2D eigenvalue weighted by Crippen LogP contribution is -2.32. The first-order valence-electron chi connectivity index (χ1n) is 10.3. The number of hydrogen-bond donors (Lipinski definition) is 1. The van der Waals surface area contributed by atoms with Crippen LogP contribution in [0.25, 0.3) is 0 Å². The monoisotopic (exact) mass is 431 g/mol. The van der Waals surface area contributed by atoms with E-state index in [1.165, 1.54) is 0 Å². The zero-order chi connectivity index (χ0) is 22.3. The molecule has 0 heterocycles. The molecule has 0 unspecified atom stereocenters. The van der Waals surface area contributed by atoms with E-state index in [0.717, 1.165) is 23.2 Å². The van der Waals surface area contributed by atoms with Gasteiger partial charge in [-0.25, -0.2) is 8.42 Å².